The summed E-state index contributed by atoms with van der Waals surface area (Å²) in [5.74, 6) is 6.58. The predicted octanol–water partition coefficient (Wildman–Crippen LogP) is 3.01. The lowest BCUT2D eigenvalue weighted by Gasteiger charge is -2.21. The van der Waals surface area contributed by atoms with Crippen molar-refractivity contribution < 1.29 is 18.0 Å². The molecule has 1 aromatic carbocycles. The molecular weight excluding hydrogens is 393 g/mol. The van der Waals surface area contributed by atoms with E-state index in [2.05, 4.69) is 27.5 Å². The first-order valence-electron chi connectivity index (χ1n) is 10.3. The highest BCUT2D eigenvalue weighted by molar-refractivity contribution is 5.81. The molecule has 162 valence electrons. The maximum atomic E-state index is 12.8. The molecule has 1 saturated carbocycles. The smallest absolute Gasteiger partial charge is 0.352 e. The number of guanidine groups is 1. The van der Waals surface area contributed by atoms with Crippen LogP contribution in [0.3, 0.4) is 0 Å². The van der Waals surface area contributed by atoms with E-state index in [9.17, 15) is 18.0 Å². The molecule has 0 spiro atoms. The van der Waals surface area contributed by atoms with Crippen molar-refractivity contribution in [2.45, 2.75) is 44.3 Å². The topological polar surface area (TPSA) is 56.7 Å². The van der Waals surface area contributed by atoms with Gasteiger partial charge in [0.25, 0.3) is 0 Å². The van der Waals surface area contributed by atoms with E-state index in [1.807, 2.05) is 4.90 Å². The second-order valence-electron chi connectivity index (χ2n) is 7.70. The maximum Gasteiger partial charge on any atom is 0.416 e. The molecule has 1 aliphatic carbocycles. The Morgan fingerprint density at radius 2 is 2.03 bits per heavy atom. The fourth-order valence-corrected chi connectivity index (χ4v) is 3.94. The molecule has 2 N–H and O–H groups in total. The summed E-state index contributed by atoms with van der Waals surface area (Å²) in [6, 6.07) is 5.08. The number of benzene rings is 1. The molecule has 0 bridgehead atoms. The molecular formula is C22H27F3N4O. The quantitative estimate of drug-likeness (QED) is 0.449. The Labute approximate surface area is 175 Å². The summed E-state index contributed by atoms with van der Waals surface area (Å²) >= 11 is 0. The zero-order valence-corrected chi connectivity index (χ0v) is 17.1. The highest BCUT2D eigenvalue weighted by Crippen LogP contribution is 2.29. The monoisotopic (exact) mass is 420 g/mol. The summed E-state index contributed by atoms with van der Waals surface area (Å²) in [5, 5.41) is 6.35. The Bertz CT molecular complexity index is 835. The number of amides is 1. The van der Waals surface area contributed by atoms with Crippen LogP contribution in [0.25, 0.3) is 0 Å². The van der Waals surface area contributed by atoms with Crippen molar-refractivity contribution in [3.8, 4) is 11.8 Å². The van der Waals surface area contributed by atoms with Crippen LogP contribution in [0.4, 0.5) is 13.2 Å². The van der Waals surface area contributed by atoms with Gasteiger partial charge in [-0.2, -0.15) is 13.2 Å². The van der Waals surface area contributed by atoms with Crippen molar-refractivity contribution in [3.63, 3.8) is 0 Å². The summed E-state index contributed by atoms with van der Waals surface area (Å²) in [5.41, 5.74) is -0.399. The molecule has 5 nitrogen and oxygen atoms in total. The summed E-state index contributed by atoms with van der Waals surface area (Å²) < 4.78 is 38.3. The van der Waals surface area contributed by atoms with E-state index in [0.717, 1.165) is 50.8 Å². The number of carbonyl (C=O) groups is 1. The van der Waals surface area contributed by atoms with E-state index in [-0.39, 0.29) is 24.4 Å². The maximum absolute atomic E-state index is 12.8. The lowest BCUT2D eigenvalue weighted by atomic mass is 10.1. The zero-order valence-electron chi connectivity index (χ0n) is 17.1. The number of nitrogens with zero attached hydrogens (tertiary/aromatic N) is 2. The third kappa shape index (κ3) is 5.91. The van der Waals surface area contributed by atoms with E-state index in [0.29, 0.717) is 18.1 Å². The summed E-state index contributed by atoms with van der Waals surface area (Å²) in [4.78, 5) is 18.6. The zero-order chi connectivity index (χ0) is 21.6. The van der Waals surface area contributed by atoms with Gasteiger partial charge in [-0.3, -0.25) is 9.79 Å². The van der Waals surface area contributed by atoms with Gasteiger partial charge in [-0.05, 0) is 37.5 Å². The number of rotatable bonds is 3. The minimum absolute atomic E-state index is 0.123. The Balaban J connectivity index is 1.46. The fraction of sp³-hybridized carbons (Fsp3) is 0.545. The first-order chi connectivity index (χ1) is 14.4. The van der Waals surface area contributed by atoms with E-state index < -0.39 is 11.7 Å². The summed E-state index contributed by atoms with van der Waals surface area (Å²) in [6.45, 7) is 1.65. The first kappa shape index (κ1) is 22.0. The van der Waals surface area contributed by atoms with E-state index in [4.69, 9.17) is 0 Å². The molecule has 2 fully saturated rings. The molecule has 8 heteroatoms. The highest BCUT2D eigenvalue weighted by Gasteiger charge is 2.32. The standard InChI is InChI=1S/C22H27F3N4O/c1-26-21(27-12-5-7-16-6-4-10-18(14-16)22(23,24)25)28-19-11-13-29(15-19)20(30)17-8-2-3-9-17/h4,6,10,14,17,19H,2-3,8-9,11-13,15H2,1H3,(H2,26,27,28). The van der Waals surface area contributed by atoms with Gasteiger partial charge in [-0.25, -0.2) is 0 Å². The lowest BCUT2D eigenvalue weighted by Crippen LogP contribution is -2.45. The Morgan fingerprint density at radius 3 is 2.73 bits per heavy atom. The number of hydrogen-bond donors (Lipinski definition) is 2. The van der Waals surface area contributed by atoms with Crippen molar-refractivity contribution in [1.29, 1.82) is 0 Å². The molecule has 1 saturated heterocycles. The molecule has 1 amide bonds. The minimum atomic E-state index is -4.38. The Morgan fingerprint density at radius 1 is 1.27 bits per heavy atom. The third-order valence-electron chi connectivity index (χ3n) is 5.54. The predicted molar refractivity (Wildman–Crippen MR) is 110 cm³/mol. The van der Waals surface area contributed by atoms with Crippen LogP contribution in [0.2, 0.25) is 0 Å². The Hall–Kier alpha value is -2.69. The Kier molecular flexibility index (Phi) is 7.24. The largest absolute Gasteiger partial charge is 0.416 e. The number of likely N-dealkylation sites (tertiary alicyclic amines) is 1. The van der Waals surface area contributed by atoms with Gasteiger partial charge in [0.15, 0.2) is 5.96 Å². The van der Waals surface area contributed by atoms with Gasteiger partial charge in [-0.15, -0.1) is 0 Å². The van der Waals surface area contributed by atoms with Gasteiger partial charge < -0.3 is 15.5 Å². The molecule has 1 aliphatic heterocycles. The lowest BCUT2D eigenvalue weighted by molar-refractivity contribution is -0.137. The van der Waals surface area contributed by atoms with Gasteiger partial charge in [0.2, 0.25) is 5.91 Å². The molecule has 1 aromatic rings. The molecule has 0 aromatic heterocycles. The second kappa shape index (κ2) is 9.88. The molecule has 0 radical (unpaired) electrons. The summed E-state index contributed by atoms with van der Waals surface area (Å²) in [7, 11) is 1.64. The average Bonchev–Trinajstić information content (AvgIpc) is 3.41. The second-order valence-corrected chi connectivity index (χ2v) is 7.70. The third-order valence-corrected chi connectivity index (χ3v) is 5.54. The van der Waals surface area contributed by atoms with Crippen LogP contribution in [0.15, 0.2) is 29.3 Å². The van der Waals surface area contributed by atoms with Crippen LogP contribution < -0.4 is 10.6 Å². The van der Waals surface area contributed by atoms with Gasteiger partial charge in [-0.1, -0.05) is 30.7 Å². The highest BCUT2D eigenvalue weighted by atomic mass is 19.4. The number of halogens is 3. The van der Waals surface area contributed by atoms with Crippen LogP contribution in [-0.2, 0) is 11.0 Å². The first-order valence-corrected chi connectivity index (χ1v) is 10.3. The van der Waals surface area contributed by atoms with Crippen LogP contribution >= 0.6 is 0 Å². The van der Waals surface area contributed by atoms with Crippen molar-refractivity contribution >= 4 is 11.9 Å². The van der Waals surface area contributed by atoms with Crippen LogP contribution in [0.1, 0.15) is 43.2 Å². The number of nitrogens with one attached hydrogen (secondary N) is 2. The molecule has 1 unspecified atom stereocenters. The molecule has 3 rings (SSSR count). The normalized spacial score (nSPS) is 20.1. The van der Waals surface area contributed by atoms with E-state index in [1.54, 1.807) is 13.1 Å². The molecule has 1 heterocycles. The SMILES string of the molecule is CN=C(NCC#Cc1cccc(C(F)(F)F)c1)NC1CCN(C(=O)C2CCCC2)C1. The summed E-state index contributed by atoms with van der Waals surface area (Å²) in [6.07, 6.45) is 0.766. The minimum Gasteiger partial charge on any atom is -0.352 e. The van der Waals surface area contributed by atoms with Gasteiger partial charge >= 0.3 is 6.18 Å². The van der Waals surface area contributed by atoms with Crippen molar-refractivity contribution in [3.05, 3.63) is 35.4 Å². The van der Waals surface area contributed by atoms with Crippen molar-refractivity contribution in [2.75, 3.05) is 26.7 Å². The van der Waals surface area contributed by atoms with Crippen molar-refractivity contribution in [2.24, 2.45) is 10.9 Å². The average molecular weight is 420 g/mol. The van der Waals surface area contributed by atoms with Gasteiger partial charge in [0, 0.05) is 37.7 Å². The van der Waals surface area contributed by atoms with Crippen LogP contribution in [0, 0.1) is 17.8 Å². The van der Waals surface area contributed by atoms with Gasteiger partial charge in [0.05, 0.1) is 12.1 Å². The number of alkyl halides is 3. The van der Waals surface area contributed by atoms with Crippen LogP contribution in [-0.4, -0.2) is 49.5 Å². The van der Waals surface area contributed by atoms with Gasteiger partial charge in [0.1, 0.15) is 0 Å². The van der Waals surface area contributed by atoms with E-state index >= 15 is 0 Å². The molecule has 1 atom stereocenters. The number of hydrogen-bond acceptors (Lipinski definition) is 2. The molecule has 2 aliphatic rings. The fourth-order valence-electron chi connectivity index (χ4n) is 3.94. The number of aliphatic imine (C=N–C) groups is 1. The number of carbonyl (C=O) groups excluding carboxylic acids is 1. The van der Waals surface area contributed by atoms with E-state index in [1.165, 1.54) is 6.07 Å². The van der Waals surface area contributed by atoms with Crippen molar-refractivity contribution in [1.82, 2.24) is 15.5 Å². The molecule has 30 heavy (non-hydrogen) atoms. The van der Waals surface area contributed by atoms with Crippen LogP contribution in [0.5, 0.6) is 0 Å².